The van der Waals surface area contributed by atoms with Gasteiger partial charge in [0.25, 0.3) is 0 Å². The van der Waals surface area contributed by atoms with Gasteiger partial charge in [0, 0.05) is 42.4 Å². The minimum atomic E-state index is -0.255. The second-order valence-electron chi connectivity index (χ2n) is 6.16. The summed E-state index contributed by atoms with van der Waals surface area (Å²) in [6.45, 7) is 10.5. The molecule has 0 spiro atoms. The topological polar surface area (TPSA) is 53.7 Å². The smallest absolute Gasteiger partial charge is 0.339 e. The van der Waals surface area contributed by atoms with Gasteiger partial charge in [-0.25, -0.2) is 4.79 Å². The van der Waals surface area contributed by atoms with Crippen LogP contribution in [0.2, 0.25) is 0 Å². The molecule has 0 aliphatic rings. The molecular formula is C16H37NO3P12. The van der Waals surface area contributed by atoms with Crippen molar-refractivity contribution in [1.82, 2.24) is 0 Å². The number of fused-ring (bicyclic) bond motifs is 1. The van der Waals surface area contributed by atoms with E-state index >= 15 is 0 Å². The van der Waals surface area contributed by atoms with Crippen LogP contribution in [0.15, 0.2) is 33.5 Å². The molecule has 184 valence electrons. The van der Waals surface area contributed by atoms with Gasteiger partial charge in [-0.15, -0.1) is 62.5 Å². The summed E-state index contributed by atoms with van der Waals surface area (Å²) in [6.07, 6.45) is 0. The molecule has 1 aromatic carbocycles. The van der Waals surface area contributed by atoms with Gasteiger partial charge in [0.05, 0.1) is 0 Å². The predicted octanol–water partition coefficient (Wildman–Crippen LogP) is 9.53. The lowest BCUT2D eigenvalue weighted by Crippen LogP contribution is -2.21. The molecule has 0 amide bonds. The Balaban J connectivity index is 0.000000564. The minimum absolute atomic E-state index is 0.103. The Bertz CT molecular complexity index is 839. The van der Waals surface area contributed by atoms with E-state index in [1.807, 2.05) is 18.2 Å². The molecule has 2 rings (SSSR count). The maximum absolute atomic E-state index is 11.5. The molecule has 8 unspecified atom stereocenters. The van der Waals surface area contributed by atoms with Gasteiger partial charge in [0.2, 0.25) is 0 Å². The number of benzene rings is 1. The average molecular weight is 663 g/mol. The van der Waals surface area contributed by atoms with Crippen molar-refractivity contribution < 1.29 is 9.52 Å². The normalized spacial score (nSPS) is 12.0. The van der Waals surface area contributed by atoms with Crippen molar-refractivity contribution in [2.75, 3.05) is 24.6 Å². The summed E-state index contributed by atoms with van der Waals surface area (Å²) in [5, 5.41) is 8.54. The molecule has 1 heterocycles. The highest BCUT2D eigenvalue weighted by atomic mass is 33.3. The summed E-state index contributed by atoms with van der Waals surface area (Å²) >= 11 is 0. The van der Waals surface area contributed by atoms with Crippen LogP contribution in [0.5, 0.6) is 0 Å². The molecule has 0 saturated carbocycles. The van der Waals surface area contributed by atoms with Gasteiger partial charge < -0.3 is 14.4 Å². The number of rotatable bonds is 7. The molecule has 16 heteroatoms. The zero-order valence-electron chi connectivity index (χ0n) is 18.9. The lowest BCUT2D eigenvalue weighted by atomic mass is 10.1. The zero-order chi connectivity index (χ0) is 25.0. The van der Waals surface area contributed by atoms with Crippen LogP contribution in [0.25, 0.3) is 11.0 Å². The second-order valence-corrected chi connectivity index (χ2v) is 51.1. The standard InChI is InChI=1S/C14H17NO2.C2H6O.H14P12/c1-4-15(5-2)12-7-6-11-8-10(3)14(16)17-13(11)9-12;1-2-3;1-8(2)11(7)12(9(3)4)10(5)6/h6-9H,4-5H2,1-3H3;3H,2H2,1H3;1-7H2. The molecule has 0 aliphatic carbocycles. The largest absolute Gasteiger partial charge is 0.422 e. The van der Waals surface area contributed by atoms with Crippen LogP contribution in [0, 0.1) is 6.92 Å². The Morgan fingerprint density at radius 3 is 1.78 bits per heavy atom. The fourth-order valence-corrected chi connectivity index (χ4v) is 105. The van der Waals surface area contributed by atoms with Gasteiger partial charge in [-0.1, -0.05) is 0 Å². The van der Waals surface area contributed by atoms with Crippen LogP contribution in [-0.4, -0.2) is 24.8 Å². The fraction of sp³-hybridized carbons (Fsp3) is 0.438. The molecule has 0 radical (unpaired) electrons. The zero-order valence-corrected chi connectivity index (χ0v) is 31.5. The van der Waals surface area contributed by atoms with E-state index in [0.717, 1.165) is 24.2 Å². The van der Waals surface area contributed by atoms with E-state index in [4.69, 9.17) is 9.52 Å². The number of hydrogen-bond donors (Lipinski definition) is 1. The van der Waals surface area contributed by atoms with E-state index in [2.05, 4.69) is 87.3 Å². The van der Waals surface area contributed by atoms with Crippen molar-refractivity contribution in [3.05, 3.63) is 40.2 Å². The van der Waals surface area contributed by atoms with Crippen LogP contribution < -0.4 is 10.5 Å². The Hall–Kier alpha value is 3.35. The van der Waals surface area contributed by atoms with Crippen molar-refractivity contribution in [1.29, 1.82) is 0 Å². The average Bonchev–Trinajstić information content (AvgIpc) is 2.70. The second kappa shape index (κ2) is 19.4. The van der Waals surface area contributed by atoms with Crippen LogP contribution in [0.3, 0.4) is 0 Å². The van der Waals surface area contributed by atoms with E-state index in [9.17, 15) is 4.79 Å². The Kier molecular flexibility index (Phi) is 21.5. The number of nitrogens with zero attached hydrogens (tertiary/aromatic N) is 1. The first-order valence-electron chi connectivity index (χ1n) is 9.58. The highest BCUT2D eigenvalue weighted by Gasteiger charge is 2.26. The monoisotopic (exact) mass is 663 g/mol. The van der Waals surface area contributed by atoms with Crippen molar-refractivity contribution in [3.63, 3.8) is 0 Å². The number of anilines is 1. The Morgan fingerprint density at radius 2 is 1.41 bits per heavy atom. The van der Waals surface area contributed by atoms with Crippen molar-refractivity contribution in [3.8, 4) is 0 Å². The third-order valence-electron chi connectivity index (χ3n) is 3.86. The summed E-state index contributed by atoms with van der Waals surface area (Å²) in [5.41, 5.74) is 2.14. The Morgan fingerprint density at radius 1 is 0.906 bits per heavy atom. The van der Waals surface area contributed by atoms with Crippen LogP contribution in [-0.2, 0) is 0 Å². The molecule has 1 N–H and O–H groups in total. The van der Waals surface area contributed by atoms with Gasteiger partial charge in [-0.3, -0.25) is 0 Å². The first-order valence-corrected chi connectivity index (χ1v) is 30.4. The molecule has 1 aromatic heterocycles. The first kappa shape index (κ1) is 35.4. The Labute approximate surface area is 215 Å². The van der Waals surface area contributed by atoms with Gasteiger partial charge in [-0.05, 0) is 80.8 Å². The predicted molar refractivity (Wildman–Crippen MR) is 186 cm³/mol. The SMILES string of the molecule is CCN(CC)c1ccc2cc(C)c(=O)oc2c1.CCO.PP(P)P(P)P(P(P)P)P(P)P. The maximum Gasteiger partial charge on any atom is 0.339 e. The summed E-state index contributed by atoms with van der Waals surface area (Å²) in [6, 6.07) is 7.87. The molecule has 0 bridgehead atoms. The van der Waals surface area contributed by atoms with E-state index in [-0.39, 0.29) is 47.2 Å². The van der Waals surface area contributed by atoms with Gasteiger partial charge >= 0.3 is 5.63 Å². The van der Waals surface area contributed by atoms with Crippen molar-refractivity contribution >= 4 is 114 Å². The molecular weight excluding hydrogens is 626 g/mol. The fourth-order valence-electron chi connectivity index (χ4n) is 2.41. The molecule has 2 aromatic rings. The number of aliphatic hydroxyl groups excluding tert-OH is 1. The van der Waals surface area contributed by atoms with Crippen LogP contribution in [0.1, 0.15) is 26.3 Å². The summed E-state index contributed by atoms with van der Waals surface area (Å²) in [7, 11) is 21.0. The summed E-state index contributed by atoms with van der Waals surface area (Å²) in [5.74, 6) is 0. The molecule has 0 fully saturated rings. The highest BCUT2D eigenvalue weighted by molar-refractivity contribution is 9.21. The van der Waals surface area contributed by atoms with Crippen LogP contribution in [0.4, 0.5) is 5.69 Å². The molecule has 4 nitrogen and oxygen atoms in total. The lowest BCUT2D eigenvalue weighted by Gasteiger charge is -2.32. The van der Waals surface area contributed by atoms with Crippen LogP contribution >= 0.6 is 97.4 Å². The summed E-state index contributed by atoms with van der Waals surface area (Å²) < 4.78 is 5.29. The summed E-state index contributed by atoms with van der Waals surface area (Å²) in [4.78, 5) is 13.7. The molecule has 8 atom stereocenters. The third kappa shape index (κ3) is 12.7. The maximum atomic E-state index is 11.5. The number of aliphatic hydroxyl groups is 1. The van der Waals surface area contributed by atoms with Gasteiger partial charge in [0.15, 0.2) is 0 Å². The van der Waals surface area contributed by atoms with Gasteiger partial charge in [0.1, 0.15) is 5.58 Å². The first-order chi connectivity index (χ1) is 14.9. The molecule has 0 aliphatic heterocycles. The van der Waals surface area contributed by atoms with Gasteiger partial charge in [-0.2, -0.15) is 0 Å². The third-order valence-corrected chi connectivity index (χ3v) is 70.5. The van der Waals surface area contributed by atoms with Crippen molar-refractivity contribution in [2.24, 2.45) is 0 Å². The number of aryl methyl sites for hydroxylation is 1. The lowest BCUT2D eigenvalue weighted by molar-refractivity contribution is 0.318. The van der Waals surface area contributed by atoms with E-state index < -0.39 is 0 Å². The van der Waals surface area contributed by atoms with E-state index in [1.54, 1.807) is 13.8 Å². The minimum Gasteiger partial charge on any atom is -0.422 e. The van der Waals surface area contributed by atoms with E-state index in [0.29, 0.717) is 11.1 Å². The van der Waals surface area contributed by atoms with Crippen molar-refractivity contribution in [2.45, 2.75) is 27.7 Å². The number of hydrogen-bond acceptors (Lipinski definition) is 4. The molecule has 0 saturated heterocycles. The van der Waals surface area contributed by atoms with E-state index in [1.165, 1.54) is 0 Å². The molecule has 32 heavy (non-hydrogen) atoms. The highest BCUT2D eigenvalue weighted by Crippen LogP contribution is 3.16. The quantitative estimate of drug-likeness (QED) is 0.237.